The van der Waals surface area contributed by atoms with Crippen molar-refractivity contribution in [2.24, 2.45) is 0 Å². The highest BCUT2D eigenvalue weighted by Crippen LogP contribution is 2.37. The van der Waals surface area contributed by atoms with E-state index < -0.39 is 62.9 Å². The zero-order valence-corrected chi connectivity index (χ0v) is 23.3. The lowest BCUT2D eigenvalue weighted by atomic mass is 10.1. The van der Waals surface area contributed by atoms with Crippen LogP contribution in [0, 0.1) is 26.0 Å². The molecule has 0 unspecified atom stereocenters. The minimum absolute atomic E-state index is 0.0183. The Balaban J connectivity index is 1.90. The van der Waals surface area contributed by atoms with Crippen LogP contribution < -0.4 is 27.2 Å². The quantitative estimate of drug-likeness (QED) is 0.103. The number of nitro groups is 2. The maximum Gasteiger partial charge on any atom is 0.335 e. The van der Waals surface area contributed by atoms with E-state index in [1.807, 2.05) is 0 Å². The van der Waals surface area contributed by atoms with E-state index in [1.54, 1.807) is 0 Å². The number of aromatic amines is 1. The first-order valence-corrected chi connectivity index (χ1v) is 13.0. The van der Waals surface area contributed by atoms with Crippen molar-refractivity contribution < 1.29 is 38.8 Å². The van der Waals surface area contributed by atoms with Gasteiger partial charge in [-0.25, -0.2) is 4.79 Å². The SMILES string of the molecule is Nc1nc(N)c(CCCN(Cc2ccc(C(=O)N[C@@H](CCC(=O)O)C(=O)O)cc2)c2ccc([N+](=O)[O-])c(F)c2[N+](=O)[O-])c(=O)[nH]1. The summed E-state index contributed by atoms with van der Waals surface area (Å²) in [6.45, 7) is -0.185. The van der Waals surface area contributed by atoms with Gasteiger partial charge in [0.05, 0.1) is 15.4 Å². The average molecular weight is 631 g/mol. The number of anilines is 3. The molecule has 0 aliphatic heterocycles. The lowest BCUT2D eigenvalue weighted by Gasteiger charge is -2.25. The minimum atomic E-state index is -1.65. The maximum absolute atomic E-state index is 15.0. The number of rotatable bonds is 15. The second kappa shape index (κ2) is 14.4. The van der Waals surface area contributed by atoms with E-state index in [9.17, 15) is 48.9 Å². The van der Waals surface area contributed by atoms with Gasteiger partial charge in [0.1, 0.15) is 17.5 Å². The Morgan fingerprint density at radius 2 is 1.73 bits per heavy atom. The number of H-pyrrole nitrogens is 1. The van der Waals surface area contributed by atoms with Crippen LogP contribution in [0.1, 0.15) is 40.7 Å². The average Bonchev–Trinajstić information content (AvgIpc) is 2.95. The van der Waals surface area contributed by atoms with Gasteiger partial charge in [-0.1, -0.05) is 12.1 Å². The van der Waals surface area contributed by atoms with Crippen LogP contribution in [0.25, 0.3) is 0 Å². The zero-order chi connectivity index (χ0) is 33.4. The van der Waals surface area contributed by atoms with E-state index >= 15 is 0 Å². The third-order valence-corrected chi connectivity index (χ3v) is 6.55. The van der Waals surface area contributed by atoms with E-state index in [1.165, 1.54) is 29.2 Å². The number of carbonyl (C=O) groups is 3. The summed E-state index contributed by atoms with van der Waals surface area (Å²) < 4.78 is 15.0. The second-order valence-corrected chi connectivity index (χ2v) is 9.61. The van der Waals surface area contributed by atoms with Crippen LogP contribution >= 0.6 is 0 Å². The standard InChI is InChI=1S/C26H27FN8O10/c27-20-17(34(42)43)8-9-18(21(20)35(44)45)33(11-1-2-15-22(28)31-26(29)32-24(15)39)12-13-3-5-14(6-4-13)23(38)30-16(25(40)41)7-10-19(36)37/h3-6,8-9,16H,1-2,7,10-12H2,(H,30,38)(H,36,37)(H,40,41)(H5,28,29,31,32,39)/t16-/m0/s1. The fourth-order valence-corrected chi connectivity index (χ4v) is 4.37. The predicted molar refractivity (Wildman–Crippen MR) is 155 cm³/mol. The third-order valence-electron chi connectivity index (χ3n) is 6.55. The highest BCUT2D eigenvalue weighted by molar-refractivity contribution is 5.96. The highest BCUT2D eigenvalue weighted by atomic mass is 19.1. The minimum Gasteiger partial charge on any atom is -0.481 e. The number of carboxylic acid groups (broad SMARTS) is 2. The monoisotopic (exact) mass is 630 g/mol. The van der Waals surface area contributed by atoms with Gasteiger partial charge in [0, 0.05) is 31.1 Å². The number of hydrogen-bond acceptors (Lipinski definition) is 12. The van der Waals surface area contributed by atoms with Gasteiger partial charge in [-0.05, 0) is 43.0 Å². The fraction of sp³-hybridized carbons (Fsp3) is 0.269. The second-order valence-electron chi connectivity index (χ2n) is 9.61. The van der Waals surface area contributed by atoms with Gasteiger partial charge in [0.15, 0.2) is 0 Å². The molecule has 1 heterocycles. The number of nitrogen functional groups attached to an aromatic ring is 2. The molecule has 1 amide bonds. The van der Waals surface area contributed by atoms with Crippen molar-refractivity contribution in [2.75, 3.05) is 22.9 Å². The largest absolute Gasteiger partial charge is 0.481 e. The number of carboxylic acids is 2. The fourth-order valence-electron chi connectivity index (χ4n) is 4.37. The van der Waals surface area contributed by atoms with Gasteiger partial charge in [-0.15, -0.1) is 0 Å². The normalized spacial score (nSPS) is 11.4. The Kier molecular flexibility index (Phi) is 10.6. The Morgan fingerprint density at radius 3 is 2.29 bits per heavy atom. The van der Waals surface area contributed by atoms with Crippen molar-refractivity contribution in [2.45, 2.75) is 38.3 Å². The van der Waals surface area contributed by atoms with Crippen molar-refractivity contribution in [3.05, 3.63) is 89.5 Å². The lowest BCUT2D eigenvalue weighted by Crippen LogP contribution is -2.41. The number of aromatic nitrogens is 2. The number of carbonyl (C=O) groups excluding carboxylic acids is 1. The summed E-state index contributed by atoms with van der Waals surface area (Å²) in [7, 11) is 0. The number of nitrogens with two attached hydrogens (primary N) is 2. The van der Waals surface area contributed by atoms with Crippen molar-refractivity contribution in [1.29, 1.82) is 0 Å². The number of nitro benzene ring substituents is 2. The molecule has 238 valence electrons. The Hall–Kier alpha value is -6.14. The lowest BCUT2D eigenvalue weighted by molar-refractivity contribution is -0.398. The van der Waals surface area contributed by atoms with Gasteiger partial charge < -0.3 is 31.9 Å². The molecule has 1 atom stereocenters. The molecule has 0 radical (unpaired) electrons. The number of hydrogen-bond donors (Lipinski definition) is 6. The summed E-state index contributed by atoms with van der Waals surface area (Å²) >= 11 is 0. The summed E-state index contributed by atoms with van der Waals surface area (Å²) in [6.07, 6.45) is -0.683. The van der Waals surface area contributed by atoms with Crippen LogP contribution in [0.5, 0.6) is 0 Å². The Morgan fingerprint density at radius 1 is 1.07 bits per heavy atom. The van der Waals surface area contributed by atoms with Gasteiger partial charge in [0.25, 0.3) is 17.3 Å². The topological polar surface area (TPSA) is 291 Å². The molecule has 0 aliphatic rings. The predicted octanol–water partition coefficient (Wildman–Crippen LogP) is 1.58. The molecular formula is C26H27FN8O10. The molecule has 0 fully saturated rings. The highest BCUT2D eigenvalue weighted by Gasteiger charge is 2.32. The van der Waals surface area contributed by atoms with Crippen molar-refractivity contribution >= 4 is 46.7 Å². The summed E-state index contributed by atoms with van der Waals surface area (Å²) in [5.74, 6) is -5.44. The molecule has 0 aliphatic carbocycles. The molecule has 0 saturated carbocycles. The molecule has 0 spiro atoms. The number of amides is 1. The molecule has 45 heavy (non-hydrogen) atoms. The first-order chi connectivity index (χ1) is 21.2. The first kappa shape index (κ1) is 33.4. The number of nitrogens with zero attached hydrogens (tertiary/aromatic N) is 4. The van der Waals surface area contributed by atoms with Crippen molar-refractivity contribution in [3.63, 3.8) is 0 Å². The Bertz CT molecular complexity index is 1700. The van der Waals surface area contributed by atoms with Gasteiger partial charge in [0.2, 0.25) is 5.95 Å². The molecule has 3 aromatic rings. The summed E-state index contributed by atoms with van der Waals surface area (Å²) in [6, 6.07) is 5.88. The van der Waals surface area contributed by atoms with Gasteiger partial charge in [-0.3, -0.25) is 39.6 Å². The van der Waals surface area contributed by atoms with E-state index in [0.29, 0.717) is 5.56 Å². The number of nitrogens with one attached hydrogen (secondary N) is 2. The summed E-state index contributed by atoms with van der Waals surface area (Å²) in [5, 5.41) is 43.4. The molecule has 18 nitrogen and oxygen atoms in total. The molecule has 1 aromatic heterocycles. The van der Waals surface area contributed by atoms with E-state index in [-0.39, 0.29) is 60.9 Å². The zero-order valence-electron chi connectivity index (χ0n) is 23.3. The first-order valence-electron chi connectivity index (χ1n) is 13.0. The molecule has 2 aromatic carbocycles. The summed E-state index contributed by atoms with van der Waals surface area (Å²) in [4.78, 5) is 75.4. The maximum atomic E-state index is 15.0. The number of benzene rings is 2. The van der Waals surface area contributed by atoms with Crippen LogP contribution in [0.2, 0.25) is 0 Å². The molecule has 0 saturated heterocycles. The number of aliphatic carboxylic acids is 2. The van der Waals surface area contributed by atoms with E-state index in [2.05, 4.69) is 15.3 Å². The van der Waals surface area contributed by atoms with Crippen LogP contribution in [0.15, 0.2) is 41.2 Å². The third kappa shape index (κ3) is 8.46. The Labute approximate surface area is 251 Å². The van der Waals surface area contributed by atoms with E-state index in [0.717, 1.165) is 12.1 Å². The molecule has 0 bridgehead atoms. The molecule has 8 N–H and O–H groups in total. The smallest absolute Gasteiger partial charge is 0.335 e. The van der Waals surface area contributed by atoms with Gasteiger partial charge in [-0.2, -0.15) is 9.37 Å². The summed E-state index contributed by atoms with van der Waals surface area (Å²) in [5.41, 5.74) is 8.68. The van der Waals surface area contributed by atoms with Crippen LogP contribution in [-0.4, -0.2) is 60.5 Å². The molecular weight excluding hydrogens is 603 g/mol. The van der Waals surface area contributed by atoms with Crippen LogP contribution in [0.3, 0.4) is 0 Å². The van der Waals surface area contributed by atoms with E-state index in [4.69, 9.17) is 16.6 Å². The van der Waals surface area contributed by atoms with Crippen LogP contribution in [-0.2, 0) is 22.6 Å². The number of halogens is 1. The van der Waals surface area contributed by atoms with Crippen LogP contribution in [0.4, 0.5) is 33.2 Å². The van der Waals surface area contributed by atoms with Crippen molar-refractivity contribution in [1.82, 2.24) is 15.3 Å². The molecule has 3 rings (SSSR count). The van der Waals surface area contributed by atoms with Gasteiger partial charge >= 0.3 is 23.3 Å². The van der Waals surface area contributed by atoms with Crippen molar-refractivity contribution in [3.8, 4) is 0 Å². The molecule has 19 heteroatoms.